The maximum Gasteiger partial charge on any atom is -0.00199 e. The first kappa shape index (κ1) is 30.1. The van der Waals surface area contributed by atoms with Gasteiger partial charge in [0.1, 0.15) is 0 Å². The molecule has 0 heteroatoms. The molecule has 0 radical (unpaired) electrons. The Hall–Kier alpha value is -6.76. The van der Waals surface area contributed by atoms with Crippen LogP contribution in [0.1, 0.15) is 0 Å². The molecule has 0 heterocycles. The van der Waals surface area contributed by atoms with E-state index >= 15 is 0 Å². The minimum absolute atomic E-state index is 1.20. The zero-order valence-corrected chi connectivity index (χ0v) is 28.6. The van der Waals surface area contributed by atoms with Crippen molar-refractivity contribution in [2.75, 3.05) is 0 Å². The van der Waals surface area contributed by atoms with Crippen molar-refractivity contribution < 1.29 is 0 Å². The van der Waals surface area contributed by atoms with E-state index in [2.05, 4.69) is 206 Å². The molecule has 0 N–H and O–H groups in total. The normalized spacial score (nSPS) is 11.5. The average molecular weight is 659 g/mol. The molecule has 10 rings (SSSR count). The average Bonchev–Trinajstić information content (AvgIpc) is 3.22. The number of rotatable bonds is 5. The highest BCUT2D eigenvalue weighted by atomic mass is 14.2. The molecule has 0 saturated heterocycles. The van der Waals surface area contributed by atoms with Crippen LogP contribution in [-0.4, -0.2) is 0 Å². The van der Waals surface area contributed by atoms with Gasteiger partial charge in [-0.15, -0.1) is 0 Å². The Bertz CT molecular complexity index is 2870. The minimum Gasteiger partial charge on any atom is -0.0622 e. The lowest BCUT2D eigenvalue weighted by Gasteiger charge is -2.21. The van der Waals surface area contributed by atoms with E-state index < -0.39 is 0 Å². The number of hydrogen-bond acceptors (Lipinski definition) is 0. The van der Waals surface area contributed by atoms with Crippen molar-refractivity contribution in [1.29, 1.82) is 0 Å². The van der Waals surface area contributed by atoms with Gasteiger partial charge in [-0.25, -0.2) is 0 Å². The monoisotopic (exact) mass is 658 g/mol. The summed E-state index contributed by atoms with van der Waals surface area (Å²) in [6.07, 6.45) is 0. The molecular weight excluding hydrogens is 625 g/mol. The molecule has 0 aliphatic carbocycles. The zero-order valence-electron chi connectivity index (χ0n) is 28.6. The van der Waals surface area contributed by atoms with E-state index in [0.717, 1.165) is 0 Å². The van der Waals surface area contributed by atoms with Crippen LogP contribution in [-0.2, 0) is 0 Å². The second kappa shape index (κ2) is 12.5. The fourth-order valence-electron chi connectivity index (χ4n) is 8.19. The summed E-state index contributed by atoms with van der Waals surface area (Å²) in [5.41, 5.74) is 12.3. The summed E-state index contributed by atoms with van der Waals surface area (Å²) in [5.74, 6) is 0. The highest BCUT2D eigenvalue weighted by Crippen LogP contribution is 2.47. The van der Waals surface area contributed by atoms with Crippen LogP contribution in [0.15, 0.2) is 206 Å². The SMILES string of the molecule is c1ccc(-c2c3ccccc3c(-c3cc(-c4cccc5ccccc45)ccc3-c3ccc(-c4ccc5ccccc5c4)cc3)c3ccccc23)cc1. The highest BCUT2D eigenvalue weighted by Gasteiger charge is 2.20. The van der Waals surface area contributed by atoms with Crippen LogP contribution in [0.3, 0.4) is 0 Å². The molecule has 0 fully saturated rings. The van der Waals surface area contributed by atoms with Crippen LogP contribution in [0.5, 0.6) is 0 Å². The summed E-state index contributed by atoms with van der Waals surface area (Å²) >= 11 is 0. The molecule has 0 bridgehead atoms. The van der Waals surface area contributed by atoms with Gasteiger partial charge in [0.2, 0.25) is 0 Å². The lowest BCUT2D eigenvalue weighted by atomic mass is 9.82. The van der Waals surface area contributed by atoms with Crippen LogP contribution in [0, 0.1) is 0 Å². The molecule has 52 heavy (non-hydrogen) atoms. The maximum atomic E-state index is 2.44. The lowest BCUT2D eigenvalue weighted by Crippen LogP contribution is -1.94. The molecule has 0 saturated carbocycles. The van der Waals surface area contributed by atoms with Crippen molar-refractivity contribution in [1.82, 2.24) is 0 Å². The van der Waals surface area contributed by atoms with E-state index in [-0.39, 0.29) is 0 Å². The molecule has 0 spiro atoms. The van der Waals surface area contributed by atoms with Crippen molar-refractivity contribution in [3.05, 3.63) is 206 Å². The summed E-state index contributed by atoms with van der Waals surface area (Å²) in [6, 6.07) is 75.6. The summed E-state index contributed by atoms with van der Waals surface area (Å²) in [4.78, 5) is 0. The molecule has 242 valence electrons. The Morgan fingerprint density at radius 2 is 0.712 bits per heavy atom. The first-order valence-corrected chi connectivity index (χ1v) is 18.0. The van der Waals surface area contributed by atoms with Crippen molar-refractivity contribution >= 4 is 43.1 Å². The van der Waals surface area contributed by atoms with Crippen LogP contribution < -0.4 is 0 Å². The Kier molecular flexibility index (Phi) is 7.25. The number of benzene rings is 10. The highest BCUT2D eigenvalue weighted by molar-refractivity contribution is 6.22. The van der Waals surface area contributed by atoms with Gasteiger partial charge in [0.25, 0.3) is 0 Å². The lowest BCUT2D eigenvalue weighted by molar-refractivity contribution is 1.58. The molecule has 0 nitrogen and oxygen atoms in total. The number of fused-ring (bicyclic) bond motifs is 4. The quantitative estimate of drug-likeness (QED) is 0.161. The van der Waals surface area contributed by atoms with E-state index in [0.29, 0.717) is 0 Å². The fraction of sp³-hybridized carbons (Fsp3) is 0. The first-order chi connectivity index (χ1) is 25.8. The molecular formula is C52H34. The third-order valence-corrected chi connectivity index (χ3v) is 10.7. The van der Waals surface area contributed by atoms with Crippen molar-refractivity contribution in [3.8, 4) is 55.6 Å². The standard InChI is InChI=1S/C52H34/c1-2-15-39(16-3-1)51-46-20-8-10-22-48(46)52(49-23-11-9-21-47(49)51)50-34-42(44-24-12-18-37-14-6-7-19-43(37)44)31-32-45(50)38-28-25-36(26-29-38)41-30-27-35-13-4-5-17-40(35)33-41/h1-34H. The topological polar surface area (TPSA) is 0 Å². The van der Waals surface area contributed by atoms with Crippen LogP contribution >= 0.6 is 0 Å². The molecule has 0 amide bonds. The Labute approximate surface area is 303 Å². The molecule has 0 unspecified atom stereocenters. The maximum absolute atomic E-state index is 2.44. The van der Waals surface area contributed by atoms with Gasteiger partial charge in [-0.1, -0.05) is 194 Å². The first-order valence-electron chi connectivity index (χ1n) is 18.0. The van der Waals surface area contributed by atoms with Crippen molar-refractivity contribution in [3.63, 3.8) is 0 Å². The van der Waals surface area contributed by atoms with E-state index in [1.807, 2.05) is 0 Å². The Morgan fingerprint density at radius 1 is 0.192 bits per heavy atom. The predicted molar refractivity (Wildman–Crippen MR) is 224 cm³/mol. The molecule has 0 aromatic heterocycles. The van der Waals surface area contributed by atoms with E-state index in [1.165, 1.54) is 98.7 Å². The zero-order chi connectivity index (χ0) is 34.4. The molecule has 0 atom stereocenters. The third-order valence-electron chi connectivity index (χ3n) is 10.7. The van der Waals surface area contributed by atoms with Gasteiger partial charge in [0, 0.05) is 0 Å². The summed E-state index contributed by atoms with van der Waals surface area (Å²) in [7, 11) is 0. The van der Waals surface area contributed by atoms with Gasteiger partial charge in [0.05, 0.1) is 0 Å². The molecule has 10 aromatic carbocycles. The third kappa shape index (κ3) is 5.08. The minimum atomic E-state index is 1.20. The summed E-state index contributed by atoms with van der Waals surface area (Å²) in [6.45, 7) is 0. The second-order valence-corrected chi connectivity index (χ2v) is 13.6. The number of hydrogen-bond donors (Lipinski definition) is 0. The summed E-state index contributed by atoms with van der Waals surface area (Å²) in [5, 5.41) is 10.1. The van der Waals surface area contributed by atoms with E-state index in [4.69, 9.17) is 0 Å². The second-order valence-electron chi connectivity index (χ2n) is 13.6. The predicted octanol–water partition coefficient (Wildman–Crippen LogP) is 14.6. The van der Waals surface area contributed by atoms with Gasteiger partial charge >= 0.3 is 0 Å². The van der Waals surface area contributed by atoms with Crippen LogP contribution in [0.2, 0.25) is 0 Å². The Morgan fingerprint density at radius 3 is 1.42 bits per heavy atom. The van der Waals surface area contributed by atoms with Gasteiger partial charge in [-0.3, -0.25) is 0 Å². The molecule has 0 aliphatic heterocycles. The van der Waals surface area contributed by atoms with Crippen molar-refractivity contribution in [2.45, 2.75) is 0 Å². The summed E-state index contributed by atoms with van der Waals surface area (Å²) < 4.78 is 0. The molecule has 0 aliphatic rings. The Balaban J connectivity index is 1.24. The fourth-order valence-corrected chi connectivity index (χ4v) is 8.19. The van der Waals surface area contributed by atoms with Crippen LogP contribution in [0.25, 0.3) is 98.7 Å². The van der Waals surface area contributed by atoms with Gasteiger partial charge in [-0.05, 0) is 111 Å². The van der Waals surface area contributed by atoms with Gasteiger partial charge in [0.15, 0.2) is 0 Å². The smallest absolute Gasteiger partial charge is 0.00199 e. The van der Waals surface area contributed by atoms with Gasteiger partial charge < -0.3 is 0 Å². The van der Waals surface area contributed by atoms with Crippen LogP contribution in [0.4, 0.5) is 0 Å². The molecule has 10 aromatic rings. The van der Waals surface area contributed by atoms with Crippen molar-refractivity contribution in [2.24, 2.45) is 0 Å². The largest absolute Gasteiger partial charge is 0.0622 e. The van der Waals surface area contributed by atoms with Gasteiger partial charge in [-0.2, -0.15) is 0 Å². The van der Waals surface area contributed by atoms with E-state index in [9.17, 15) is 0 Å². The van der Waals surface area contributed by atoms with E-state index in [1.54, 1.807) is 0 Å².